The van der Waals surface area contributed by atoms with E-state index in [-0.39, 0.29) is 0 Å². The average Bonchev–Trinajstić information content (AvgIpc) is 2.64. The van der Waals surface area contributed by atoms with Crippen LogP contribution in [0.3, 0.4) is 0 Å². The van der Waals surface area contributed by atoms with Gasteiger partial charge in [-0.1, -0.05) is 6.42 Å². The van der Waals surface area contributed by atoms with E-state index in [2.05, 4.69) is 14.8 Å². The summed E-state index contributed by atoms with van der Waals surface area (Å²) in [6, 6.07) is 4.64. The van der Waals surface area contributed by atoms with Crippen LogP contribution in [0.25, 0.3) is 0 Å². The van der Waals surface area contributed by atoms with E-state index in [1.165, 1.54) is 71.1 Å². The fraction of sp³-hybridized carbons (Fsp3) is 0.727. The fourth-order valence-electron chi connectivity index (χ4n) is 5.07. The molecule has 0 radical (unpaired) electrons. The van der Waals surface area contributed by atoms with Gasteiger partial charge in [-0.05, 0) is 102 Å². The highest BCUT2D eigenvalue weighted by Crippen LogP contribution is 2.42. The quantitative estimate of drug-likeness (QED) is 0.836. The van der Waals surface area contributed by atoms with E-state index in [4.69, 9.17) is 5.73 Å². The number of aromatic nitrogens is 1. The molecule has 3 fully saturated rings. The number of nitrogens with two attached hydrogens (primary N) is 1. The lowest BCUT2D eigenvalue weighted by Crippen LogP contribution is -2.50. The highest BCUT2D eigenvalue weighted by molar-refractivity contribution is 5.92. The van der Waals surface area contributed by atoms with Gasteiger partial charge in [0.1, 0.15) is 0 Å². The maximum Gasteiger partial charge on any atom is 0.250 e. The minimum Gasteiger partial charge on any atom is -0.366 e. The number of likely N-dealkylation sites (tertiary alicyclic amines) is 2. The normalized spacial score (nSPS) is 24.0. The van der Waals surface area contributed by atoms with Crippen molar-refractivity contribution in [2.24, 2.45) is 11.1 Å². The topological polar surface area (TPSA) is 62.5 Å². The van der Waals surface area contributed by atoms with Crippen LogP contribution in [0.15, 0.2) is 18.3 Å². The van der Waals surface area contributed by atoms with Crippen molar-refractivity contribution in [3.8, 4) is 0 Å². The van der Waals surface area contributed by atoms with Crippen LogP contribution in [-0.4, -0.2) is 59.5 Å². The van der Waals surface area contributed by atoms with Crippen molar-refractivity contribution in [3.05, 3.63) is 29.6 Å². The van der Waals surface area contributed by atoms with E-state index in [1.54, 1.807) is 12.3 Å². The molecule has 1 aromatic heterocycles. The van der Waals surface area contributed by atoms with Crippen molar-refractivity contribution in [2.75, 3.05) is 32.7 Å². The first-order valence-electron chi connectivity index (χ1n) is 10.8. The Kier molecular flexibility index (Phi) is 5.79. The molecule has 5 heteroatoms. The highest BCUT2D eigenvalue weighted by atomic mass is 16.1. The second-order valence-electron chi connectivity index (χ2n) is 8.97. The molecule has 1 aliphatic carbocycles. The smallest absolute Gasteiger partial charge is 0.250 e. The zero-order valence-electron chi connectivity index (χ0n) is 16.5. The molecule has 1 spiro atoms. The molecule has 2 saturated heterocycles. The van der Waals surface area contributed by atoms with Crippen molar-refractivity contribution >= 4 is 5.91 Å². The monoisotopic (exact) mass is 370 g/mol. The lowest BCUT2D eigenvalue weighted by molar-refractivity contribution is 0.00505. The van der Waals surface area contributed by atoms with E-state index >= 15 is 0 Å². The van der Waals surface area contributed by atoms with Gasteiger partial charge >= 0.3 is 0 Å². The third-order valence-electron chi connectivity index (χ3n) is 7.38. The van der Waals surface area contributed by atoms with Crippen molar-refractivity contribution < 1.29 is 4.79 Å². The van der Waals surface area contributed by atoms with Crippen LogP contribution in [-0.2, 0) is 6.42 Å². The summed E-state index contributed by atoms with van der Waals surface area (Å²) >= 11 is 0. The Balaban J connectivity index is 1.16. The van der Waals surface area contributed by atoms with Crippen molar-refractivity contribution in [3.63, 3.8) is 0 Å². The summed E-state index contributed by atoms with van der Waals surface area (Å²) in [6.45, 7) is 6.37. The first kappa shape index (κ1) is 18.9. The molecule has 5 nitrogen and oxygen atoms in total. The van der Waals surface area contributed by atoms with Gasteiger partial charge in [0.05, 0.1) is 5.56 Å². The molecule has 0 unspecified atom stereocenters. The number of hydrogen-bond acceptors (Lipinski definition) is 4. The molecular weight excluding hydrogens is 336 g/mol. The zero-order chi connectivity index (χ0) is 18.7. The van der Waals surface area contributed by atoms with Gasteiger partial charge in [0, 0.05) is 17.9 Å². The average molecular weight is 371 g/mol. The molecule has 3 heterocycles. The number of piperidine rings is 2. The van der Waals surface area contributed by atoms with Crippen LogP contribution in [0.2, 0.25) is 0 Å². The summed E-state index contributed by atoms with van der Waals surface area (Å²) in [6.07, 6.45) is 13.7. The molecule has 0 atom stereocenters. The van der Waals surface area contributed by atoms with Crippen LogP contribution in [0.5, 0.6) is 0 Å². The zero-order valence-corrected chi connectivity index (χ0v) is 16.5. The first-order valence-corrected chi connectivity index (χ1v) is 10.8. The van der Waals surface area contributed by atoms with E-state index in [0.29, 0.717) is 11.0 Å². The highest BCUT2D eigenvalue weighted by Gasteiger charge is 2.39. The van der Waals surface area contributed by atoms with Gasteiger partial charge in [-0.2, -0.15) is 0 Å². The number of amides is 1. The lowest BCUT2D eigenvalue weighted by Gasteiger charge is -2.50. The number of nitrogens with zero attached hydrogens (tertiary/aromatic N) is 3. The minimum atomic E-state index is -0.408. The molecule has 2 N–H and O–H groups in total. The maximum absolute atomic E-state index is 11.1. The van der Waals surface area contributed by atoms with Crippen molar-refractivity contribution in [2.45, 2.75) is 63.8 Å². The van der Waals surface area contributed by atoms with E-state index in [9.17, 15) is 4.79 Å². The van der Waals surface area contributed by atoms with E-state index in [1.807, 2.05) is 6.07 Å². The van der Waals surface area contributed by atoms with Crippen LogP contribution in [0, 0.1) is 5.41 Å². The Morgan fingerprint density at radius 3 is 2.37 bits per heavy atom. The molecule has 4 rings (SSSR count). The Morgan fingerprint density at radius 1 is 1.11 bits per heavy atom. The Labute approximate surface area is 163 Å². The van der Waals surface area contributed by atoms with Gasteiger partial charge in [0.25, 0.3) is 0 Å². The Hall–Kier alpha value is -1.46. The van der Waals surface area contributed by atoms with E-state index < -0.39 is 5.91 Å². The lowest BCUT2D eigenvalue weighted by atomic mass is 9.70. The van der Waals surface area contributed by atoms with Gasteiger partial charge in [0.2, 0.25) is 5.91 Å². The summed E-state index contributed by atoms with van der Waals surface area (Å²) in [5.41, 5.74) is 7.45. The van der Waals surface area contributed by atoms with Crippen molar-refractivity contribution in [1.82, 2.24) is 14.8 Å². The minimum absolute atomic E-state index is 0.408. The van der Waals surface area contributed by atoms with E-state index in [0.717, 1.165) is 31.1 Å². The summed E-state index contributed by atoms with van der Waals surface area (Å²) in [7, 11) is 0. The third-order valence-corrected chi connectivity index (χ3v) is 7.38. The molecule has 27 heavy (non-hydrogen) atoms. The molecule has 3 aliphatic rings. The second-order valence-corrected chi connectivity index (χ2v) is 8.97. The third kappa shape index (κ3) is 4.52. The van der Waals surface area contributed by atoms with Crippen LogP contribution in [0.1, 0.15) is 67.4 Å². The molecule has 0 bridgehead atoms. The SMILES string of the molecule is NC(=O)c1ccc(CCCN2CCC3(CC2)CCN(C2CCC2)CC3)nc1. The van der Waals surface area contributed by atoms with Gasteiger partial charge in [-0.25, -0.2) is 0 Å². The Morgan fingerprint density at radius 2 is 1.81 bits per heavy atom. The summed E-state index contributed by atoms with van der Waals surface area (Å²) in [5, 5.41) is 0. The number of carbonyl (C=O) groups is 1. The number of rotatable bonds is 6. The van der Waals surface area contributed by atoms with Crippen molar-refractivity contribution in [1.29, 1.82) is 0 Å². The number of carbonyl (C=O) groups excluding carboxylic acids is 1. The van der Waals surface area contributed by atoms with Crippen LogP contribution in [0.4, 0.5) is 0 Å². The molecule has 1 amide bonds. The Bertz CT molecular complexity index is 622. The van der Waals surface area contributed by atoms with Gasteiger partial charge in [-0.15, -0.1) is 0 Å². The predicted octanol–water partition coefficient (Wildman–Crippen LogP) is 2.84. The first-order chi connectivity index (χ1) is 13.1. The van der Waals surface area contributed by atoms with Crippen LogP contribution < -0.4 is 5.73 Å². The largest absolute Gasteiger partial charge is 0.366 e. The number of primary amides is 1. The molecule has 148 valence electrons. The molecule has 0 aromatic carbocycles. The molecule has 1 aromatic rings. The predicted molar refractivity (Wildman–Crippen MR) is 108 cm³/mol. The fourth-order valence-corrected chi connectivity index (χ4v) is 5.07. The molecule has 1 saturated carbocycles. The van der Waals surface area contributed by atoms with Gasteiger partial charge in [0.15, 0.2) is 0 Å². The molecule has 2 aliphatic heterocycles. The summed E-state index contributed by atoms with van der Waals surface area (Å²) in [4.78, 5) is 20.9. The second kappa shape index (κ2) is 8.27. The van der Waals surface area contributed by atoms with Gasteiger partial charge < -0.3 is 15.5 Å². The van der Waals surface area contributed by atoms with Crippen LogP contribution >= 0.6 is 0 Å². The van der Waals surface area contributed by atoms with Gasteiger partial charge in [-0.3, -0.25) is 9.78 Å². The summed E-state index contributed by atoms with van der Waals surface area (Å²) < 4.78 is 0. The molecular formula is C22H34N4O. The number of hydrogen-bond donors (Lipinski definition) is 1. The number of pyridine rings is 1. The maximum atomic E-state index is 11.1. The number of aryl methyl sites for hydroxylation is 1. The summed E-state index contributed by atoms with van der Waals surface area (Å²) in [5.74, 6) is -0.408. The standard InChI is InChI=1S/C22H34N4O/c23-21(27)18-6-7-19(24-17-18)3-2-12-25-13-8-22(9-14-25)10-15-26(16-11-22)20-4-1-5-20/h6-7,17,20H,1-5,8-16H2,(H2,23,27).